The van der Waals surface area contributed by atoms with E-state index in [0.29, 0.717) is 5.92 Å². The van der Waals surface area contributed by atoms with E-state index in [0.717, 1.165) is 0 Å². The predicted molar refractivity (Wildman–Crippen MR) is 147 cm³/mol. The Balaban J connectivity index is -0.000000490. The molecule has 0 aromatic heterocycles. The van der Waals surface area contributed by atoms with Crippen LogP contribution in [0.15, 0.2) is 71.3 Å². The molecule has 174 valence electrons. The first-order valence-corrected chi connectivity index (χ1v) is 13.8. The quantitative estimate of drug-likeness (QED) is 0.205. The number of rotatable bonds is 1. The first kappa shape index (κ1) is 35.8. The van der Waals surface area contributed by atoms with Gasteiger partial charge in [0.15, 0.2) is 0 Å². The van der Waals surface area contributed by atoms with Crippen molar-refractivity contribution in [3.05, 3.63) is 103 Å². The molecule has 0 aliphatic heterocycles. The number of fused-ring (bicyclic) bond motifs is 1. The molecule has 0 saturated carbocycles. The van der Waals surface area contributed by atoms with Crippen molar-refractivity contribution in [2.24, 2.45) is 5.92 Å². The molecular formula is C28H36Cl2SiZr-4. The average molecular weight is 563 g/mol. The molecule has 0 saturated heterocycles. The van der Waals surface area contributed by atoms with Gasteiger partial charge in [0.1, 0.15) is 0 Å². The zero-order chi connectivity index (χ0) is 20.8. The summed E-state index contributed by atoms with van der Waals surface area (Å²) < 4.78 is 0. The fourth-order valence-corrected chi connectivity index (χ4v) is 3.59. The van der Waals surface area contributed by atoms with Crippen molar-refractivity contribution in [3.63, 3.8) is 0 Å². The van der Waals surface area contributed by atoms with E-state index in [9.17, 15) is 0 Å². The van der Waals surface area contributed by atoms with Crippen LogP contribution in [0.3, 0.4) is 0 Å². The molecule has 4 rings (SSSR count). The van der Waals surface area contributed by atoms with E-state index in [4.69, 9.17) is 0 Å². The molecule has 0 amide bonds. The SMILES string of the molecule is CC1=[C-]C(C)C(C)=C1C.Cc1cccc(-c2c[cH-]c3ccccc23)c1C.Cl.Cl.[CH3-].[CH3-].[Si]=[Zr]. The molecular weight excluding hydrogens is 527 g/mol. The van der Waals surface area contributed by atoms with Gasteiger partial charge < -0.3 is 14.9 Å². The van der Waals surface area contributed by atoms with E-state index in [-0.39, 0.29) is 39.7 Å². The molecule has 1 aliphatic carbocycles. The normalized spacial score (nSPS) is 13.5. The van der Waals surface area contributed by atoms with Gasteiger partial charge in [-0.15, -0.1) is 78.4 Å². The van der Waals surface area contributed by atoms with E-state index < -0.39 is 0 Å². The van der Waals surface area contributed by atoms with E-state index in [2.05, 4.69) is 109 Å². The molecule has 0 bridgehead atoms. The number of halogens is 2. The molecule has 1 aliphatic rings. The first-order chi connectivity index (χ1) is 13.4. The molecule has 0 nitrogen and oxygen atoms in total. The van der Waals surface area contributed by atoms with Crippen LogP contribution in [0.2, 0.25) is 0 Å². The van der Waals surface area contributed by atoms with Crippen LogP contribution in [0, 0.1) is 40.7 Å². The topological polar surface area (TPSA) is 0 Å². The Hall–Kier alpha value is -0.790. The molecule has 32 heavy (non-hydrogen) atoms. The van der Waals surface area contributed by atoms with Crippen LogP contribution >= 0.6 is 24.8 Å². The Morgan fingerprint density at radius 2 is 1.44 bits per heavy atom. The first-order valence-electron chi connectivity index (χ1n) is 9.64. The third kappa shape index (κ3) is 8.21. The number of aryl methyl sites for hydroxylation is 1. The van der Waals surface area contributed by atoms with Crippen molar-refractivity contribution >= 4 is 42.5 Å². The summed E-state index contributed by atoms with van der Waals surface area (Å²) >= 11 is 1.36. The second kappa shape index (κ2) is 16.8. The Morgan fingerprint density at radius 1 is 0.844 bits per heavy atom. The Bertz CT molecular complexity index is 1030. The van der Waals surface area contributed by atoms with E-state index >= 15 is 0 Å². The van der Waals surface area contributed by atoms with Crippen molar-refractivity contribution < 1.29 is 23.3 Å². The molecule has 0 N–H and O–H groups in total. The minimum atomic E-state index is 0. The van der Waals surface area contributed by atoms with Gasteiger partial charge in [-0.25, -0.2) is 5.57 Å². The number of hydrogen-bond donors (Lipinski definition) is 0. The average Bonchev–Trinajstić information content (AvgIpc) is 3.23. The molecule has 4 heteroatoms. The second-order valence-electron chi connectivity index (χ2n) is 7.38. The summed E-state index contributed by atoms with van der Waals surface area (Å²) in [7, 11) is 0. The van der Waals surface area contributed by atoms with Crippen LogP contribution < -0.4 is 0 Å². The molecule has 3 aromatic carbocycles. The van der Waals surface area contributed by atoms with Crippen molar-refractivity contribution in [1.29, 1.82) is 0 Å². The van der Waals surface area contributed by atoms with E-state index in [1.54, 1.807) is 0 Å². The molecule has 0 spiro atoms. The molecule has 0 fully saturated rings. The summed E-state index contributed by atoms with van der Waals surface area (Å²) in [6, 6.07) is 19.5. The van der Waals surface area contributed by atoms with Crippen LogP contribution in [0.1, 0.15) is 38.8 Å². The number of benzene rings is 2. The fraction of sp³-hybridized carbons (Fsp3) is 0.250. The zero-order valence-electron chi connectivity index (χ0n) is 20.6. The molecule has 2 radical (unpaired) electrons. The number of allylic oxidation sites excluding steroid dienone is 4. The van der Waals surface area contributed by atoms with Gasteiger partial charge in [-0.2, -0.15) is 11.1 Å². The van der Waals surface area contributed by atoms with Gasteiger partial charge in [0, 0.05) is 0 Å². The summed E-state index contributed by atoms with van der Waals surface area (Å²) in [4.78, 5) is 0. The molecule has 0 heterocycles. The van der Waals surface area contributed by atoms with Gasteiger partial charge >= 0.3 is 30.2 Å². The Morgan fingerprint density at radius 3 is 1.94 bits per heavy atom. The summed E-state index contributed by atoms with van der Waals surface area (Å²) in [5.74, 6) is 0.560. The van der Waals surface area contributed by atoms with Gasteiger partial charge in [0.05, 0.1) is 0 Å². The van der Waals surface area contributed by atoms with Crippen molar-refractivity contribution in [2.45, 2.75) is 41.5 Å². The monoisotopic (exact) mass is 560 g/mol. The van der Waals surface area contributed by atoms with Gasteiger partial charge in [-0.05, 0) is 19.4 Å². The van der Waals surface area contributed by atoms with Crippen LogP contribution in [0.25, 0.3) is 21.9 Å². The third-order valence-corrected chi connectivity index (χ3v) is 5.81. The van der Waals surface area contributed by atoms with Crippen LogP contribution in [0.5, 0.6) is 0 Å². The van der Waals surface area contributed by atoms with E-state index in [1.807, 2.05) is 0 Å². The van der Waals surface area contributed by atoms with Crippen molar-refractivity contribution in [3.8, 4) is 11.1 Å². The summed E-state index contributed by atoms with van der Waals surface area (Å²) in [6.45, 7) is 16.1. The minimum absolute atomic E-state index is 0. The van der Waals surface area contributed by atoms with Gasteiger partial charge in [-0.3, -0.25) is 6.08 Å². The van der Waals surface area contributed by atoms with Crippen LogP contribution in [0.4, 0.5) is 0 Å². The second-order valence-corrected chi connectivity index (χ2v) is 7.38. The fourth-order valence-electron chi connectivity index (χ4n) is 3.59. The summed E-state index contributed by atoms with van der Waals surface area (Å²) in [5.41, 5.74) is 9.68. The maximum absolute atomic E-state index is 3.36. The summed E-state index contributed by atoms with van der Waals surface area (Å²) in [6.07, 6.45) is 3.36. The van der Waals surface area contributed by atoms with Crippen LogP contribution in [-0.2, 0) is 23.3 Å². The predicted octanol–water partition coefficient (Wildman–Crippen LogP) is 8.93. The van der Waals surface area contributed by atoms with Crippen molar-refractivity contribution in [1.82, 2.24) is 0 Å². The van der Waals surface area contributed by atoms with Crippen molar-refractivity contribution in [2.75, 3.05) is 0 Å². The Kier molecular flexibility index (Phi) is 18.8. The van der Waals surface area contributed by atoms with Gasteiger partial charge in [0.25, 0.3) is 0 Å². The van der Waals surface area contributed by atoms with Crippen LogP contribution in [-0.4, -0.2) is 6.88 Å². The molecule has 3 aromatic rings. The summed E-state index contributed by atoms with van der Waals surface area (Å²) in [5, 5.41) is 2.67. The number of hydrogen-bond acceptors (Lipinski definition) is 0. The standard InChI is InChI=1S/C17H15.C9H13.2CH3.2ClH.Si.Zr/c1-12-6-5-9-15(13(12)2)17-11-10-14-7-3-4-8-16(14)17;1-6-5-7(2)9(4)8(6)3;;;;;;/h3-11H,1-2H3;6H,1-4H3;2*1H3;2*1H;;/q4*-1;;;;. The third-order valence-electron chi connectivity index (χ3n) is 5.81. The van der Waals surface area contributed by atoms with E-state index in [1.165, 1.54) is 73.1 Å². The van der Waals surface area contributed by atoms with Gasteiger partial charge in [-0.1, -0.05) is 62.1 Å². The maximum atomic E-state index is 3.36. The zero-order valence-corrected chi connectivity index (χ0v) is 25.7. The molecule has 1 unspecified atom stereocenters. The Labute approximate surface area is 226 Å². The van der Waals surface area contributed by atoms with Gasteiger partial charge in [0.2, 0.25) is 0 Å². The molecule has 1 atom stereocenters.